The first-order valence-electron chi connectivity index (χ1n) is 13.4. The summed E-state index contributed by atoms with van der Waals surface area (Å²) in [4.78, 5) is 36.7. The van der Waals surface area contributed by atoms with Crippen molar-refractivity contribution in [2.24, 2.45) is 4.99 Å². The maximum absolute atomic E-state index is 13.9. The third-order valence-corrected chi connectivity index (χ3v) is 8.60. The van der Waals surface area contributed by atoms with Gasteiger partial charge in [-0.15, -0.1) is 0 Å². The van der Waals surface area contributed by atoms with Crippen LogP contribution in [0.15, 0.2) is 55.8 Å². The van der Waals surface area contributed by atoms with E-state index in [1.165, 1.54) is 11.3 Å². The molecule has 1 saturated heterocycles. The number of nitrogens with zero attached hydrogens (tertiary/aromatic N) is 4. The number of carbonyl (C=O) groups is 1. The molecule has 210 valence electrons. The number of furan rings is 1. The second-order valence-electron chi connectivity index (χ2n) is 10.3. The zero-order chi connectivity index (χ0) is 28.0. The third kappa shape index (κ3) is 4.73. The predicted octanol–water partition coefficient (Wildman–Crippen LogP) is 2.65. The van der Waals surface area contributed by atoms with Gasteiger partial charge in [0.05, 0.1) is 28.5 Å². The van der Waals surface area contributed by atoms with E-state index in [1.54, 1.807) is 36.6 Å². The summed E-state index contributed by atoms with van der Waals surface area (Å²) in [7, 11) is 4.24. The molecule has 3 aromatic rings. The second kappa shape index (κ2) is 10.6. The minimum atomic E-state index is -0.725. The number of thiazole rings is 1. The number of hydrogen-bond donors (Lipinski definition) is 0. The van der Waals surface area contributed by atoms with Crippen LogP contribution < -0.4 is 29.3 Å². The van der Waals surface area contributed by atoms with Gasteiger partial charge in [0.15, 0.2) is 22.2 Å². The molecule has 2 aromatic heterocycles. The highest BCUT2D eigenvalue weighted by Crippen LogP contribution is 2.38. The van der Waals surface area contributed by atoms with Gasteiger partial charge in [0.2, 0.25) is 6.79 Å². The number of fused-ring (bicyclic) bond motifs is 2. The van der Waals surface area contributed by atoms with Crippen molar-refractivity contribution in [1.82, 2.24) is 9.47 Å². The molecule has 3 aliphatic rings. The van der Waals surface area contributed by atoms with E-state index in [2.05, 4.69) is 28.9 Å². The molecule has 0 radical (unpaired) electrons. The zero-order valence-corrected chi connectivity index (χ0v) is 23.8. The zero-order valence-electron chi connectivity index (χ0n) is 23.0. The summed E-state index contributed by atoms with van der Waals surface area (Å²) < 4.78 is 24.6. The summed E-state index contributed by atoms with van der Waals surface area (Å²) in [6.45, 7) is 5.69. The normalized spacial score (nSPS) is 19.3. The maximum atomic E-state index is 13.9. The molecular formula is C29H32N4O6S. The minimum Gasteiger partial charge on any atom is -0.463 e. The van der Waals surface area contributed by atoms with Crippen molar-refractivity contribution < 1.29 is 23.4 Å². The molecule has 1 aromatic carbocycles. The van der Waals surface area contributed by atoms with Gasteiger partial charge in [-0.1, -0.05) is 17.4 Å². The molecule has 0 spiro atoms. The number of ether oxygens (including phenoxy) is 3. The molecule has 1 atom stereocenters. The van der Waals surface area contributed by atoms with E-state index in [0.29, 0.717) is 49.5 Å². The van der Waals surface area contributed by atoms with Crippen molar-refractivity contribution in [3.05, 3.63) is 72.6 Å². The quantitative estimate of drug-likeness (QED) is 0.422. The number of hydrogen-bond acceptors (Lipinski definition) is 10. The summed E-state index contributed by atoms with van der Waals surface area (Å²) in [6.07, 6.45) is 3.90. The molecule has 0 bridgehead atoms. The molecule has 0 saturated carbocycles. The molecular weight excluding hydrogens is 532 g/mol. The molecule has 6 rings (SSSR count). The van der Waals surface area contributed by atoms with Crippen LogP contribution in [0, 0.1) is 0 Å². The summed E-state index contributed by atoms with van der Waals surface area (Å²) in [5, 5.41) is 0. The Kier molecular flexibility index (Phi) is 7.01. The minimum absolute atomic E-state index is 0.125. The fraction of sp³-hybridized carbons (Fsp3) is 0.414. The van der Waals surface area contributed by atoms with Crippen molar-refractivity contribution in [2.75, 3.05) is 45.5 Å². The van der Waals surface area contributed by atoms with Crippen molar-refractivity contribution >= 4 is 29.3 Å². The Morgan fingerprint density at radius 1 is 1.18 bits per heavy atom. The van der Waals surface area contributed by atoms with Crippen LogP contribution in [0.3, 0.4) is 0 Å². The Morgan fingerprint density at radius 2 is 1.95 bits per heavy atom. The molecule has 3 aliphatic heterocycles. The van der Waals surface area contributed by atoms with Crippen LogP contribution in [0.25, 0.3) is 6.08 Å². The van der Waals surface area contributed by atoms with Gasteiger partial charge in [-0.25, -0.2) is 9.79 Å². The third-order valence-electron chi connectivity index (χ3n) is 7.62. The van der Waals surface area contributed by atoms with Gasteiger partial charge in [-0.2, -0.15) is 0 Å². The van der Waals surface area contributed by atoms with E-state index in [-0.39, 0.29) is 19.0 Å². The van der Waals surface area contributed by atoms with E-state index < -0.39 is 12.0 Å². The van der Waals surface area contributed by atoms with Crippen LogP contribution >= 0.6 is 11.3 Å². The highest BCUT2D eigenvalue weighted by molar-refractivity contribution is 7.07. The second-order valence-corrected chi connectivity index (χ2v) is 11.3. The number of anilines is 1. The van der Waals surface area contributed by atoms with Gasteiger partial charge >= 0.3 is 5.97 Å². The predicted molar refractivity (Wildman–Crippen MR) is 151 cm³/mol. The molecule has 11 heteroatoms. The maximum Gasteiger partial charge on any atom is 0.338 e. The topological polar surface area (TPSA) is 98.7 Å². The van der Waals surface area contributed by atoms with Gasteiger partial charge < -0.3 is 28.4 Å². The van der Waals surface area contributed by atoms with E-state index in [0.717, 1.165) is 31.8 Å². The van der Waals surface area contributed by atoms with Gasteiger partial charge in [0.1, 0.15) is 5.76 Å². The fourth-order valence-corrected chi connectivity index (χ4v) is 6.54. The Morgan fingerprint density at radius 3 is 2.70 bits per heavy atom. The summed E-state index contributed by atoms with van der Waals surface area (Å²) >= 11 is 1.27. The van der Waals surface area contributed by atoms with Crippen LogP contribution in [-0.4, -0.2) is 62.1 Å². The first-order chi connectivity index (χ1) is 19.3. The number of aromatic nitrogens is 1. The number of allylic oxidation sites excluding steroid dienone is 1. The van der Waals surface area contributed by atoms with Crippen LogP contribution in [0.5, 0.6) is 11.5 Å². The van der Waals surface area contributed by atoms with Crippen molar-refractivity contribution in [3.8, 4) is 11.5 Å². The Labute approximate surface area is 235 Å². The van der Waals surface area contributed by atoms with Crippen molar-refractivity contribution in [3.63, 3.8) is 0 Å². The lowest BCUT2D eigenvalue weighted by atomic mass is 9.95. The Hall–Kier alpha value is -3.83. The molecule has 1 fully saturated rings. The molecule has 0 N–H and O–H groups in total. The van der Waals surface area contributed by atoms with E-state index >= 15 is 0 Å². The highest BCUT2D eigenvalue weighted by Gasteiger charge is 2.34. The lowest BCUT2D eigenvalue weighted by molar-refractivity contribution is -0.139. The summed E-state index contributed by atoms with van der Waals surface area (Å²) in [5.41, 5.74) is 1.28. The standard InChI is InChI=1S/C29H32N4O6S/c1-5-36-28(35)25-17(2)30-29-33(26(25)18-6-8-21-22(14-18)38-16-37-21)27(34)23(40-29)15-20-7-9-24(39-20)32-12-10-19(11-13-32)31(3)4/h6-9,14-15,19,26H,5,10-13,16H2,1-4H3/b23-15-/t26-/m1/s1. The smallest absolute Gasteiger partial charge is 0.338 e. The molecule has 0 unspecified atom stereocenters. The number of carbonyl (C=O) groups excluding carboxylic acids is 1. The van der Waals surface area contributed by atoms with E-state index in [4.69, 9.17) is 18.6 Å². The fourth-order valence-electron chi connectivity index (χ4n) is 5.51. The van der Waals surface area contributed by atoms with Crippen molar-refractivity contribution in [1.29, 1.82) is 0 Å². The largest absolute Gasteiger partial charge is 0.463 e. The van der Waals surface area contributed by atoms with E-state index in [1.807, 2.05) is 18.2 Å². The van der Waals surface area contributed by atoms with Crippen molar-refractivity contribution in [2.45, 2.75) is 38.8 Å². The lowest BCUT2D eigenvalue weighted by Gasteiger charge is -2.35. The van der Waals surface area contributed by atoms with Gasteiger partial charge in [-0.3, -0.25) is 9.36 Å². The number of benzene rings is 1. The first-order valence-corrected chi connectivity index (χ1v) is 14.3. The van der Waals surface area contributed by atoms with Gasteiger partial charge in [0, 0.05) is 31.3 Å². The van der Waals surface area contributed by atoms with Crippen LogP contribution in [-0.2, 0) is 9.53 Å². The Bertz CT molecular complexity index is 1660. The highest BCUT2D eigenvalue weighted by atomic mass is 32.1. The number of rotatable bonds is 6. The lowest BCUT2D eigenvalue weighted by Crippen LogP contribution is -2.41. The van der Waals surface area contributed by atoms with Crippen LogP contribution in [0.4, 0.5) is 5.88 Å². The molecule has 10 nitrogen and oxygen atoms in total. The van der Waals surface area contributed by atoms with E-state index in [9.17, 15) is 9.59 Å². The first kappa shape index (κ1) is 26.4. The number of piperidine rings is 1. The summed E-state index contributed by atoms with van der Waals surface area (Å²) in [6, 6.07) is 9.13. The molecule has 40 heavy (non-hydrogen) atoms. The molecule has 5 heterocycles. The van der Waals surface area contributed by atoms with Crippen LogP contribution in [0.1, 0.15) is 44.1 Å². The number of esters is 1. The van der Waals surface area contributed by atoms with Gasteiger partial charge in [0.25, 0.3) is 5.56 Å². The monoisotopic (exact) mass is 564 g/mol. The summed E-state index contributed by atoms with van der Waals surface area (Å²) in [5.74, 6) is 2.07. The Balaban J connectivity index is 1.38. The molecule has 0 amide bonds. The average Bonchev–Trinajstić information content (AvgIpc) is 3.67. The molecule has 0 aliphatic carbocycles. The van der Waals surface area contributed by atoms with Gasteiger partial charge in [-0.05, 0) is 64.5 Å². The van der Waals surface area contributed by atoms with Crippen LogP contribution in [0.2, 0.25) is 0 Å². The average molecular weight is 565 g/mol. The SMILES string of the molecule is CCOC(=O)C1=C(C)N=c2s/c(=C\c3ccc(N4CCC(N(C)C)CC4)o3)c(=O)n2[C@@H]1c1ccc2c(c1)OCO2.